The summed E-state index contributed by atoms with van der Waals surface area (Å²) in [6, 6.07) is 8.88. The fraction of sp³-hybridized carbons (Fsp3) is 0.571. The largest absolute Gasteiger partial charge is 0.385 e. The molecule has 0 radical (unpaired) electrons. The summed E-state index contributed by atoms with van der Waals surface area (Å²) in [5, 5.41) is 0. The van der Waals surface area contributed by atoms with Gasteiger partial charge in [0.25, 0.3) is 0 Å². The first kappa shape index (κ1) is 12.3. The van der Waals surface area contributed by atoms with E-state index >= 15 is 0 Å². The normalized spacial score (nSPS) is 11.7. The fourth-order valence-corrected chi connectivity index (χ4v) is 1.61. The Morgan fingerprint density at radius 3 is 2.53 bits per heavy atom. The lowest BCUT2D eigenvalue weighted by Crippen LogP contribution is -2.11. The van der Waals surface area contributed by atoms with Gasteiger partial charge >= 0.3 is 0 Å². The van der Waals surface area contributed by atoms with Gasteiger partial charge in [0.1, 0.15) is 0 Å². The van der Waals surface area contributed by atoms with E-state index in [4.69, 9.17) is 4.74 Å². The molecule has 0 aliphatic heterocycles. The molecule has 1 aromatic carbocycles. The number of ether oxygens (including phenoxy) is 1. The molecule has 0 N–H and O–H groups in total. The molecule has 0 unspecified atom stereocenters. The van der Waals surface area contributed by atoms with Crippen LogP contribution in [0, 0.1) is 0 Å². The quantitative estimate of drug-likeness (QED) is 0.684. The molecule has 1 rings (SSSR count). The van der Waals surface area contributed by atoms with Crippen molar-refractivity contribution in [3.05, 3.63) is 35.4 Å². The Morgan fingerprint density at radius 1 is 1.20 bits per heavy atom. The number of rotatable bonds is 4. The molecule has 0 fully saturated rings. The fourth-order valence-electron chi connectivity index (χ4n) is 1.61. The molecule has 1 aromatic rings. The van der Waals surface area contributed by atoms with Crippen LogP contribution in [0.25, 0.3) is 0 Å². The minimum Gasteiger partial charge on any atom is -0.385 e. The van der Waals surface area contributed by atoms with E-state index in [1.807, 2.05) is 0 Å². The summed E-state index contributed by atoms with van der Waals surface area (Å²) in [7, 11) is 1.76. The molecule has 0 atom stereocenters. The molecule has 0 spiro atoms. The smallest absolute Gasteiger partial charge is 0.0465 e. The highest BCUT2D eigenvalue weighted by Gasteiger charge is 2.13. The van der Waals surface area contributed by atoms with Gasteiger partial charge in [-0.05, 0) is 29.4 Å². The van der Waals surface area contributed by atoms with Crippen LogP contribution in [-0.2, 0) is 16.6 Å². The maximum Gasteiger partial charge on any atom is 0.0465 e. The third kappa shape index (κ3) is 4.05. The first-order chi connectivity index (χ1) is 7.04. The molecular formula is C14H22O. The van der Waals surface area contributed by atoms with Gasteiger partial charge in [-0.3, -0.25) is 0 Å². The number of aryl methyl sites for hydroxylation is 1. The van der Waals surface area contributed by atoms with Crippen molar-refractivity contribution in [1.29, 1.82) is 0 Å². The van der Waals surface area contributed by atoms with Crippen LogP contribution in [0.5, 0.6) is 0 Å². The Kier molecular flexibility index (Phi) is 4.34. The van der Waals surface area contributed by atoms with Gasteiger partial charge in [-0.2, -0.15) is 0 Å². The van der Waals surface area contributed by atoms with E-state index in [0.29, 0.717) is 0 Å². The maximum absolute atomic E-state index is 5.06. The zero-order chi connectivity index (χ0) is 11.3. The van der Waals surface area contributed by atoms with Crippen molar-refractivity contribution < 1.29 is 4.74 Å². The van der Waals surface area contributed by atoms with Crippen molar-refractivity contribution in [2.75, 3.05) is 13.7 Å². The predicted molar refractivity (Wildman–Crippen MR) is 65.3 cm³/mol. The van der Waals surface area contributed by atoms with Crippen LogP contribution >= 0.6 is 0 Å². The second kappa shape index (κ2) is 5.32. The van der Waals surface area contributed by atoms with Gasteiger partial charge in [-0.25, -0.2) is 0 Å². The minimum atomic E-state index is 0.247. The Labute approximate surface area is 93.5 Å². The molecule has 15 heavy (non-hydrogen) atoms. The Morgan fingerprint density at radius 2 is 1.93 bits per heavy atom. The summed E-state index contributed by atoms with van der Waals surface area (Å²) in [6.45, 7) is 7.60. The molecule has 0 heterocycles. The zero-order valence-corrected chi connectivity index (χ0v) is 10.3. The molecule has 1 nitrogen and oxygen atoms in total. The summed E-state index contributed by atoms with van der Waals surface area (Å²) in [5.41, 5.74) is 3.08. The predicted octanol–water partition coefficient (Wildman–Crippen LogP) is 3.56. The van der Waals surface area contributed by atoms with Gasteiger partial charge in [-0.15, -0.1) is 0 Å². The molecule has 0 saturated heterocycles. The highest BCUT2D eigenvalue weighted by Crippen LogP contribution is 2.23. The molecule has 84 valence electrons. The summed E-state index contributed by atoms with van der Waals surface area (Å²) in [5.74, 6) is 0. The zero-order valence-electron chi connectivity index (χ0n) is 10.3. The lowest BCUT2D eigenvalue weighted by Gasteiger charge is -2.19. The highest BCUT2D eigenvalue weighted by atomic mass is 16.5. The topological polar surface area (TPSA) is 9.23 Å². The van der Waals surface area contributed by atoms with Crippen LogP contribution in [0.1, 0.15) is 38.3 Å². The van der Waals surface area contributed by atoms with E-state index < -0.39 is 0 Å². The van der Waals surface area contributed by atoms with Crippen molar-refractivity contribution in [3.63, 3.8) is 0 Å². The summed E-state index contributed by atoms with van der Waals surface area (Å²) < 4.78 is 5.06. The molecule has 0 aromatic heterocycles. The van der Waals surface area contributed by atoms with E-state index in [1.54, 1.807) is 7.11 Å². The van der Waals surface area contributed by atoms with Crippen molar-refractivity contribution in [2.45, 2.75) is 39.0 Å². The molecule has 0 aliphatic rings. The van der Waals surface area contributed by atoms with Gasteiger partial charge in [-0.1, -0.05) is 45.0 Å². The molecule has 1 heteroatoms. The molecule has 0 aliphatic carbocycles. The number of hydrogen-bond acceptors (Lipinski definition) is 1. The Balaban J connectivity index is 2.66. The minimum absolute atomic E-state index is 0.247. The molecule has 0 bridgehead atoms. The Hall–Kier alpha value is -0.820. The van der Waals surface area contributed by atoms with E-state index in [1.165, 1.54) is 11.1 Å². The second-order valence-corrected chi connectivity index (χ2v) is 5.05. The monoisotopic (exact) mass is 206 g/mol. The average Bonchev–Trinajstić information content (AvgIpc) is 2.17. The van der Waals surface area contributed by atoms with Gasteiger partial charge < -0.3 is 4.74 Å². The number of methoxy groups -OCH3 is 1. The average molecular weight is 206 g/mol. The van der Waals surface area contributed by atoms with Crippen LogP contribution in [0.2, 0.25) is 0 Å². The maximum atomic E-state index is 5.06. The van der Waals surface area contributed by atoms with Gasteiger partial charge in [0, 0.05) is 13.7 Å². The van der Waals surface area contributed by atoms with Gasteiger partial charge in [0.15, 0.2) is 0 Å². The van der Waals surface area contributed by atoms with Crippen LogP contribution in [0.4, 0.5) is 0 Å². The van der Waals surface area contributed by atoms with E-state index in [2.05, 4.69) is 45.0 Å². The SMILES string of the molecule is COCCCc1cccc(C(C)(C)C)c1. The van der Waals surface area contributed by atoms with Crippen LogP contribution < -0.4 is 0 Å². The second-order valence-electron chi connectivity index (χ2n) is 5.05. The van der Waals surface area contributed by atoms with Crippen molar-refractivity contribution in [2.24, 2.45) is 0 Å². The number of benzene rings is 1. The summed E-state index contributed by atoms with van der Waals surface area (Å²) in [6.07, 6.45) is 2.21. The van der Waals surface area contributed by atoms with E-state index in [9.17, 15) is 0 Å². The van der Waals surface area contributed by atoms with Crippen molar-refractivity contribution >= 4 is 0 Å². The molecule has 0 amide bonds. The third-order valence-corrected chi connectivity index (χ3v) is 2.61. The van der Waals surface area contributed by atoms with Crippen LogP contribution in [-0.4, -0.2) is 13.7 Å². The highest BCUT2D eigenvalue weighted by molar-refractivity contribution is 5.28. The summed E-state index contributed by atoms with van der Waals surface area (Å²) >= 11 is 0. The third-order valence-electron chi connectivity index (χ3n) is 2.61. The lowest BCUT2D eigenvalue weighted by atomic mass is 9.86. The van der Waals surface area contributed by atoms with E-state index in [0.717, 1.165) is 19.4 Å². The van der Waals surface area contributed by atoms with Crippen molar-refractivity contribution in [1.82, 2.24) is 0 Å². The summed E-state index contributed by atoms with van der Waals surface area (Å²) in [4.78, 5) is 0. The number of hydrogen-bond donors (Lipinski definition) is 0. The molecular weight excluding hydrogens is 184 g/mol. The van der Waals surface area contributed by atoms with E-state index in [-0.39, 0.29) is 5.41 Å². The standard InChI is InChI=1S/C14H22O/c1-14(2,3)13-9-5-7-12(11-13)8-6-10-15-4/h5,7,9,11H,6,8,10H2,1-4H3. The Bertz CT molecular complexity index is 296. The van der Waals surface area contributed by atoms with Gasteiger partial charge in [0.2, 0.25) is 0 Å². The van der Waals surface area contributed by atoms with Gasteiger partial charge in [0.05, 0.1) is 0 Å². The first-order valence-corrected chi connectivity index (χ1v) is 5.62. The van der Waals surface area contributed by atoms with Crippen LogP contribution in [0.3, 0.4) is 0 Å². The lowest BCUT2D eigenvalue weighted by molar-refractivity contribution is 0.195. The molecule has 0 saturated carbocycles. The first-order valence-electron chi connectivity index (χ1n) is 5.62. The van der Waals surface area contributed by atoms with Crippen molar-refractivity contribution in [3.8, 4) is 0 Å². The van der Waals surface area contributed by atoms with Crippen LogP contribution in [0.15, 0.2) is 24.3 Å².